The van der Waals surface area contributed by atoms with Gasteiger partial charge in [-0.05, 0) is 62.1 Å². The summed E-state index contributed by atoms with van der Waals surface area (Å²) in [6.45, 7) is 2.53. The fourth-order valence-corrected chi connectivity index (χ4v) is 5.42. The van der Waals surface area contributed by atoms with Gasteiger partial charge < -0.3 is 10.2 Å². The molecular formula is C21H25FN4O3S. The summed E-state index contributed by atoms with van der Waals surface area (Å²) >= 11 is 0. The Morgan fingerprint density at radius 1 is 1.00 bits per heavy atom. The number of hydrogen-bond acceptors (Lipinski definition) is 5. The number of pyridine rings is 1. The molecule has 160 valence electrons. The minimum absolute atomic E-state index is 0.0657. The third-order valence-corrected chi connectivity index (χ3v) is 7.63. The quantitative estimate of drug-likeness (QED) is 0.786. The van der Waals surface area contributed by atoms with E-state index in [0.717, 1.165) is 31.0 Å². The van der Waals surface area contributed by atoms with E-state index in [9.17, 15) is 17.6 Å². The van der Waals surface area contributed by atoms with Crippen molar-refractivity contribution in [1.82, 2.24) is 9.29 Å². The zero-order valence-corrected chi connectivity index (χ0v) is 17.4. The molecule has 2 aliphatic rings. The standard InChI is InChI=1S/C21H25FN4O3S/c22-17-3-6-19(7-4-17)30(28,29)26-13-9-16(10-14-26)21(27)24-18-5-8-20(23-15-18)25-11-1-2-12-25/h3-8,15-16H,1-2,9-14H2,(H,24,27). The van der Waals surface area contributed by atoms with E-state index in [1.165, 1.54) is 29.3 Å². The fraction of sp³-hybridized carbons (Fsp3) is 0.429. The van der Waals surface area contributed by atoms with Gasteiger partial charge in [0, 0.05) is 32.1 Å². The normalized spacial score (nSPS) is 18.5. The Hall–Kier alpha value is -2.52. The number of rotatable bonds is 5. The van der Waals surface area contributed by atoms with Gasteiger partial charge >= 0.3 is 0 Å². The van der Waals surface area contributed by atoms with Gasteiger partial charge in [0.1, 0.15) is 11.6 Å². The molecule has 2 aromatic rings. The minimum Gasteiger partial charge on any atom is -0.357 e. The van der Waals surface area contributed by atoms with Crippen LogP contribution < -0.4 is 10.2 Å². The Labute approximate surface area is 176 Å². The van der Waals surface area contributed by atoms with E-state index in [1.54, 1.807) is 6.20 Å². The van der Waals surface area contributed by atoms with Crippen LogP contribution in [0.4, 0.5) is 15.9 Å². The summed E-state index contributed by atoms with van der Waals surface area (Å²) < 4.78 is 39.8. The first kappa shape index (κ1) is 20.7. The lowest BCUT2D eigenvalue weighted by Crippen LogP contribution is -2.41. The first-order chi connectivity index (χ1) is 14.4. The number of sulfonamides is 1. The van der Waals surface area contributed by atoms with E-state index in [1.807, 2.05) is 12.1 Å². The summed E-state index contributed by atoms with van der Waals surface area (Å²) in [5.74, 6) is 0.0598. The molecule has 9 heteroatoms. The third kappa shape index (κ3) is 4.46. The maximum Gasteiger partial charge on any atom is 0.243 e. The summed E-state index contributed by atoms with van der Waals surface area (Å²) in [5.41, 5.74) is 0.643. The van der Waals surface area contributed by atoms with E-state index in [-0.39, 0.29) is 29.8 Å². The number of nitrogens with one attached hydrogen (secondary N) is 1. The molecule has 0 radical (unpaired) electrons. The van der Waals surface area contributed by atoms with Crippen molar-refractivity contribution >= 4 is 27.4 Å². The van der Waals surface area contributed by atoms with Crippen LogP contribution in [0.15, 0.2) is 47.5 Å². The Morgan fingerprint density at radius 3 is 2.27 bits per heavy atom. The Kier molecular flexibility index (Phi) is 6.01. The topological polar surface area (TPSA) is 82.6 Å². The summed E-state index contributed by atoms with van der Waals surface area (Å²) in [6.07, 6.45) is 4.89. The maximum atomic E-state index is 13.1. The summed E-state index contributed by atoms with van der Waals surface area (Å²) in [7, 11) is -3.68. The molecule has 1 N–H and O–H groups in total. The number of aromatic nitrogens is 1. The molecule has 2 saturated heterocycles. The van der Waals surface area contributed by atoms with E-state index in [2.05, 4.69) is 15.2 Å². The Balaban J connectivity index is 1.32. The van der Waals surface area contributed by atoms with Crippen LogP contribution in [0.1, 0.15) is 25.7 Å². The molecule has 4 rings (SSSR count). The number of nitrogens with zero attached hydrogens (tertiary/aromatic N) is 3. The SMILES string of the molecule is O=C(Nc1ccc(N2CCCC2)nc1)C1CCN(S(=O)(=O)c2ccc(F)cc2)CC1. The second-order valence-corrected chi connectivity index (χ2v) is 9.66. The fourth-order valence-electron chi connectivity index (χ4n) is 3.95. The number of carbonyl (C=O) groups is 1. The van der Waals surface area contributed by atoms with E-state index in [4.69, 9.17) is 0 Å². The molecule has 0 unspecified atom stereocenters. The van der Waals surface area contributed by atoms with Crippen molar-refractivity contribution in [2.45, 2.75) is 30.6 Å². The van der Waals surface area contributed by atoms with Crippen molar-refractivity contribution < 1.29 is 17.6 Å². The summed E-state index contributed by atoms with van der Waals surface area (Å²) in [6, 6.07) is 8.57. The predicted octanol–water partition coefficient (Wildman–Crippen LogP) is 2.86. The van der Waals surface area contributed by atoms with E-state index < -0.39 is 15.8 Å². The molecule has 0 atom stereocenters. The van der Waals surface area contributed by atoms with Gasteiger partial charge in [0.2, 0.25) is 15.9 Å². The molecule has 1 aromatic carbocycles. The Bertz CT molecular complexity index is 982. The highest BCUT2D eigenvalue weighted by atomic mass is 32.2. The number of amides is 1. The van der Waals surface area contributed by atoms with Crippen molar-refractivity contribution in [3.05, 3.63) is 48.4 Å². The van der Waals surface area contributed by atoms with Crippen molar-refractivity contribution in [3.8, 4) is 0 Å². The lowest BCUT2D eigenvalue weighted by atomic mass is 9.97. The van der Waals surface area contributed by atoms with Crippen molar-refractivity contribution in [2.24, 2.45) is 5.92 Å². The first-order valence-corrected chi connectivity index (χ1v) is 11.6. The van der Waals surface area contributed by atoms with Crippen molar-refractivity contribution in [3.63, 3.8) is 0 Å². The number of piperidine rings is 1. The van der Waals surface area contributed by atoms with Gasteiger partial charge in [-0.1, -0.05) is 0 Å². The smallest absolute Gasteiger partial charge is 0.243 e. The van der Waals surface area contributed by atoms with Crippen LogP contribution in [0.25, 0.3) is 0 Å². The zero-order chi connectivity index (χ0) is 21.1. The van der Waals surface area contributed by atoms with Gasteiger partial charge in [0.05, 0.1) is 16.8 Å². The maximum absolute atomic E-state index is 13.1. The monoisotopic (exact) mass is 432 g/mol. The molecule has 0 bridgehead atoms. The van der Waals surface area contributed by atoms with Crippen LogP contribution in [-0.2, 0) is 14.8 Å². The molecule has 2 aliphatic heterocycles. The third-order valence-electron chi connectivity index (χ3n) is 5.72. The van der Waals surface area contributed by atoms with Crippen LogP contribution >= 0.6 is 0 Å². The highest BCUT2D eigenvalue weighted by molar-refractivity contribution is 7.89. The van der Waals surface area contributed by atoms with E-state index in [0.29, 0.717) is 18.5 Å². The van der Waals surface area contributed by atoms with Crippen LogP contribution in [0.2, 0.25) is 0 Å². The van der Waals surface area contributed by atoms with Crippen LogP contribution in [-0.4, -0.2) is 49.8 Å². The second-order valence-electron chi connectivity index (χ2n) is 7.72. The molecule has 1 aromatic heterocycles. The Morgan fingerprint density at radius 2 is 1.67 bits per heavy atom. The van der Waals surface area contributed by atoms with E-state index >= 15 is 0 Å². The van der Waals surface area contributed by atoms with Gasteiger partial charge in [-0.3, -0.25) is 4.79 Å². The number of benzene rings is 1. The van der Waals surface area contributed by atoms with Gasteiger partial charge in [-0.2, -0.15) is 4.31 Å². The summed E-state index contributed by atoms with van der Waals surface area (Å²) in [5, 5.41) is 2.89. The highest BCUT2D eigenvalue weighted by Gasteiger charge is 2.32. The molecule has 2 fully saturated rings. The molecule has 1 amide bonds. The number of anilines is 2. The van der Waals surface area contributed by atoms with Crippen LogP contribution in [0, 0.1) is 11.7 Å². The second kappa shape index (κ2) is 8.69. The highest BCUT2D eigenvalue weighted by Crippen LogP contribution is 2.25. The lowest BCUT2D eigenvalue weighted by Gasteiger charge is -2.30. The van der Waals surface area contributed by atoms with Crippen LogP contribution in [0.3, 0.4) is 0 Å². The predicted molar refractivity (Wildman–Crippen MR) is 112 cm³/mol. The molecule has 0 spiro atoms. The van der Waals surface area contributed by atoms with Crippen LogP contribution in [0.5, 0.6) is 0 Å². The van der Waals surface area contributed by atoms with Crippen molar-refractivity contribution in [1.29, 1.82) is 0 Å². The van der Waals surface area contributed by atoms with Crippen molar-refractivity contribution in [2.75, 3.05) is 36.4 Å². The number of carbonyl (C=O) groups excluding carboxylic acids is 1. The average Bonchev–Trinajstić information content (AvgIpc) is 3.30. The van der Waals surface area contributed by atoms with Gasteiger partial charge in [0.25, 0.3) is 0 Å². The number of halogens is 1. The van der Waals surface area contributed by atoms with Gasteiger partial charge in [0.15, 0.2) is 0 Å². The molecule has 0 saturated carbocycles. The zero-order valence-electron chi connectivity index (χ0n) is 16.6. The molecule has 3 heterocycles. The molecule has 7 nitrogen and oxygen atoms in total. The van der Waals surface area contributed by atoms with Gasteiger partial charge in [-0.25, -0.2) is 17.8 Å². The lowest BCUT2D eigenvalue weighted by molar-refractivity contribution is -0.120. The molecule has 0 aliphatic carbocycles. The number of hydrogen-bond donors (Lipinski definition) is 1. The minimum atomic E-state index is -3.68. The summed E-state index contributed by atoms with van der Waals surface area (Å²) in [4.78, 5) is 19.3. The first-order valence-electron chi connectivity index (χ1n) is 10.2. The largest absolute Gasteiger partial charge is 0.357 e. The van der Waals surface area contributed by atoms with Gasteiger partial charge in [-0.15, -0.1) is 0 Å². The molecular weight excluding hydrogens is 407 g/mol. The molecule has 30 heavy (non-hydrogen) atoms. The average molecular weight is 433 g/mol.